The number of hydrogen-bond acceptors (Lipinski definition) is 4. The second kappa shape index (κ2) is 5.21. The minimum Gasteiger partial charge on any atom is -0.465 e. The van der Waals surface area contributed by atoms with E-state index in [0.29, 0.717) is 17.5 Å². The van der Waals surface area contributed by atoms with Gasteiger partial charge in [0.05, 0.1) is 25.4 Å². The number of esters is 1. The smallest absolute Gasteiger partial charge is 0.337 e. The minimum absolute atomic E-state index is 0.0539. The Balaban J connectivity index is 1.88. The molecule has 1 aromatic rings. The lowest BCUT2D eigenvalue weighted by Gasteiger charge is -2.26. The van der Waals surface area contributed by atoms with Crippen LogP contribution in [0.2, 0.25) is 0 Å². The maximum atomic E-state index is 12.4. The molecule has 20 heavy (non-hydrogen) atoms. The SMILES string of the molecule is COC(=O)c1ccc2c(c1)CC/C(=C\C1CCO1)C2=O. The number of benzene rings is 1. The van der Waals surface area contributed by atoms with E-state index in [0.717, 1.165) is 30.6 Å². The molecule has 4 nitrogen and oxygen atoms in total. The van der Waals surface area contributed by atoms with Crippen molar-refractivity contribution < 1.29 is 19.1 Å². The number of allylic oxidation sites excluding steroid dienone is 1. The van der Waals surface area contributed by atoms with Crippen LogP contribution in [0, 0.1) is 0 Å². The fourth-order valence-corrected chi connectivity index (χ4v) is 2.59. The van der Waals surface area contributed by atoms with Gasteiger partial charge in [-0.15, -0.1) is 0 Å². The highest BCUT2D eigenvalue weighted by molar-refractivity contribution is 6.11. The standard InChI is InChI=1S/C16H16O4/c1-19-16(18)12-4-5-14-10(8-12)2-3-11(15(14)17)9-13-6-7-20-13/h4-5,8-9,13H,2-3,6-7H2,1H3/b11-9+. The van der Waals surface area contributed by atoms with Gasteiger partial charge in [-0.3, -0.25) is 4.79 Å². The Hall–Kier alpha value is -1.94. The number of hydrogen-bond donors (Lipinski definition) is 0. The van der Waals surface area contributed by atoms with Crippen LogP contribution < -0.4 is 0 Å². The molecule has 0 saturated carbocycles. The summed E-state index contributed by atoms with van der Waals surface area (Å²) in [6.07, 6.45) is 4.51. The van der Waals surface area contributed by atoms with Crippen LogP contribution in [0.4, 0.5) is 0 Å². The van der Waals surface area contributed by atoms with Gasteiger partial charge in [-0.2, -0.15) is 0 Å². The van der Waals surface area contributed by atoms with Crippen LogP contribution in [0.25, 0.3) is 0 Å². The number of ether oxygens (including phenoxy) is 2. The van der Waals surface area contributed by atoms with E-state index >= 15 is 0 Å². The average Bonchev–Trinajstić information content (AvgIpc) is 2.43. The van der Waals surface area contributed by atoms with E-state index in [1.807, 2.05) is 6.08 Å². The lowest BCUT2D eigenvalue weighted by atomic mass is 9.85. The molecule has 1 aliphatic carbocycles. The number of ketones is 1. The monoisotopic (exact) mass is 272 g/mol. The maximum absolute atomic E-state index is 12.4. The van der Waals surface area contributed by atoms with Crippen LogP contribution in [0.1, 0.15) is 39.1 Å². The van der Waals surface area contributed by atoms with E-state index in [9.17, 15) is 9.59 Å². The Kier molecular flexibility index (Phi) is 3.40. The van der Waals surface area contributed by atoms with E-state index in [1.165, 1.54) is 7.11 Å². The normalized spacial score (nSPS) is 23.1. The van der Waals surface area contributed by atoms with Crippen molar-refractivity contribution in [1.82, 2.24) is 0 Å². The summed E-state index contributed by atoms with van der Waals surface area (Å²) in [5.74, 6) is -0.317. The Morgan fingerprint density at radius 2 is 2.20 bits per heavy atom. The van der Waals surface area contributed by atoms with Gasteiger partial charge in [0.15, 0.2) is 5.78 Å². The molecule has 1 atom stereocenters. The highest BCUT2D eigenvalue weighted by Crippen LogP contribution is 2.28. The lowest BCUT2D eigenvalue weighted by molar-refractivity contribution is -0.0191. The number of rotatable bonds is 2. The predicted molar refractivity (Wildman–Crippen MR) is 72.9 cm³/mol. The fourth-order valence-electron chi connectivity index (χ4n) is 2.59. The molecule has 2 aliphatic rings. The number of carbonyl (C=O) groups is 2. The van der Waals surface area contributed by atoms with E-state index in [2.05, 4.69) is 0 Å². The van der Waals surface area contributed by atoms with Gasteiger partial charge in [0.2, 0.25) is 0 Å². The molecule has 0 amide bonds. The number of carbonyl (C=O) groups excluding carboxylic acids is 2. The van der Waals surface area contributed by atoms with Crippen molar-refractivity contribution in [1.29, 1.82) is 0 Å². The molecular formula is C16H16O4. The Labute approximate surface area is 117 Å². The second-order valence-corrected chi connectivity index (χ2v) is 5.08. The molecule has 0 radical (unpaired) electrons. The Morgan fingerprint density at radius 3 is 2.85 bits per heavy atom. The number of aryl methyl sites for hydroxylation is 1. The van der Waals surface area contributed by atoms with Crippen molar-refractivity contribution in [3.05, 3.63) is 46.5 Å². The van der Waals surface area contributed by atoms with Crippen LogP contribution >= 0.6 is 0 Å². The lowest BCUT2D eigenvalue weighted by Crippen LogP contribution is -2.26. The third-order valence-corrected chi connectivity index (χ3v) is 3.85. The van der Waals surface area contributed by atoms with Gasteiger partial charge >= 0.3 is 5.97 Å². The summed E-state index contributed by atoms with van der Waals surface area (Å²) in [5.41, 5.74) is 2.93. The van der Waals surface area contributed by atoms with Crippen LogP contribution in [0.3, 0.4) is 0 Å². The highest BCUT2D eigenvalue weighted by atomic mass is 16.5. The van der Waals surface area contributed by atoms with Crippen molar-refractivity contribution in [3.63, 3.8) is 0 Å². The molecule has 0 N–H and O–H groups in total. The van der Waals surface area contributed by atoms with Crippen LogP contribution in [0.5, 0.6) is 0 Å². The molecule has 0 bridgehead atoms. The fraction of sp³-hybridized carbons (Fsp3) is 0.375. The zero-order valence-electron chi connectivity index (χ0n) is 11.3. The molecule has 1 saturated heterocycles. The molecule has 1 unspecified atom stereocenters. The van der Waals surface area contributed by atoms with E-state index in [-0.39, 0.29) is 17.9 Å². The summed E-state index contributed by atoms with van der Waals surface area (Å²) in [5, 5.41) is 0. The first-order valence-electron chi connectivity index (χ1n) is 6.77. The first-order valence-corrected chi connectivity index (χ1v) is 6.77. The van der Waals surface area contributed by atoms with Crippen LogP contribution in [0.15, 0.2) is 29.8 Å². The van der Waals surface area contributed by atoms with Gasteiger partial charge < -0.3 is 9.47 Å². The third-order valence-electron chi connectivity index (χ3n) is 3.85. The van der Waals surface area contributed by atoms with E-state index in [4.69, 9.17) is 9.47 Å². The summed E-state index contributed by atoms with van der Waals surface area (Å²) in [4.78, 5) is 23.9. The van der Waals surface area contributed by atoms with E-state index in [1.54, 1.807) is 18.2 Å². The van der Waals surface area contributed by atoms with E-state index < -0.39 is 0 Å². The number of fused-ring (bicyclic) bond motifs is 1. The third kappa shape index (κ3) is 2.27. The summed E-state index contributed by atoms with van der Waals surface area (Å²) < 4.78 is 10.0. The zero-order valence-corrected chi connectivity index (χ0v) is 11.3. The molecule has 0 aromatic heterocycles. The van der Waals surface area contributed by atoms with Crippen LogP contribution in [-0.2, 0) is 15.9 Å². The molecule has 4 heteroatoms. The summed E-state index contributed by atoms with van der Waals surface area (Å²) in [6.45, 7) is 0.779. The van der Waals surface area contributed by atoms with Crippen LogP contribution in [-0.4, -0.2) is 31.6 Å². The molecule has 0 spiro atoms. The van der Waals surface area contributed by atoms with Gasteiger partial charge in [-0.25, -0.2) is 4.79 Å². The van der Waals surface area contributed by atoms with Gasteiger partial charge in [0.25, 0.3) is 0 Å². The number of methoxy groups -OCH3 is 1. The maximum Gasteiger partial charge on any atom is 0.337 e. The molecular weight excluding hydrogens is 256 g/mol. The Bertz CT molecular complexity index is 596. The van der Waals surface area contributed by atoms with Gasteiger partial charge in [0.1, 0.15) is 0 Å². The molecule has 1 heterocycles. The molecule has 1 aromatic carbocycles. The van der Waals surface area contributed by atoms with Gasteiger partial charge in [-0.1, -0.05) is 0 Å². The zero-order chi connectivity index (χ0) is 14.1. The molecule has 1 aliphatic heterocycles. The van der Waals surface area contributed by atoms with Crippen molar-refractivity contribution in [2.24, 2.45) is 0 Å². The number of Topliss-reactive ketones (excluding diaryl/α,β-unsaturated/α-hetero) is 1. The first kappa shape index (κ1) is 13.1. The van der Waals surface area contributed by atoms with Crippen molar-refractivity contribution in [2.75, 3.05) is 13.7 Å². The molecule has 104 valence electrons. The predicted octanol–water partition coefficient (Wildman–Crippen LogP) is 2.32. The quantitative estimate of drug-likeness (QED) is 0.612. The summed E-state index contributed by atoms with van der Waals surface area (Å²) >= 11 is 0. The average molecular weight is 272 g/mol. The first-order chi connectivity index (χ1) is 9.69. The van der Waals surface area contributed by atoms with Crippen molar-refractivity contribution in [3.8, 4) is 0 Å². The van der Waals surface area contributed by atoms with Crippen molar-refractivity contribution >= 4 is 11.8 Å². The largest absolute Gasteiger partial charge is 0.465 e. The topological polar surface area (TPSA) is 52.6 Å². The molecule has 1 fully saturated rings. The van der Waals surface area contributed by atoms with Gasteiger partial charge in [0, 0.05) is 12.0 Å². The van der Waals surface area contributed by atoms with Gasteiger partial charge in [-0.05, 0) is 48.3 Å². The molecule has 3 rings (SSSR count). The minimum atomic E-state index is -0.371. The second-order valence-electron chi connectivity index (χ2n) is 5.08. The Morgan fingerprint density at radius 1 is 1.40 bits per heavy atom. The summed E-state index contributed by atoms with van der Waals surface area (Å²) in [6, 6.07) is 5.12. The van der Waals surface area contributed by atoms with Crippen molar-refractivity contribution in [2.45, 2.75) is 25.4 Å². The summed E-state index contributed by atoms with van der Waals surface area (Å²) in [7, 11) is 1.35. The highest BCUT2D eigenvalue weighted by Gasteiger charge is 2.25.